The highest BCUT2D eigenvalue weighted by Crippen LogP contribution is 2.20. The summed E-state index contributed by atoms with van der Waals surface area (Å²) >= 11 is 1.58. The van der Waals surface area contributed by atoms with Gasteiger partial charge < -0.3 is 16.4 Å². The fraction of sp³-hybridized carbons (Fsp3) is 0.353. The van der Waals surface area contributed by atoms with Crippen LogP contribution in [-0.2, 0) is 11.2 Å². The molecule has 1 aliphatic rings. The topological polar surface area (TPSA) is 109 Å². The van der Waals surface area contributed by atoms with Crippen LogP contribution in [0.2, 0.25) is 0 Å². The zero-order valence-electron chi connectivity index (χ0n) is 13.4. The van der Waals surface area contributed by atoms with Gasteiger partial charge in [0.1, 0.15) is 11.9 Å². The summed E-state index contributed by atoms with van der Waals surface area (Å²) in [5.41, 5.74) is 11.1. The van der Waals surface area contributed by atoms with Crippen molar-refractivity contribution in [2.24, 2.45) is 11.5 Å². The summed E-state index contributed by atoms with van der Waals surface area (Å²) in [6.07, 6.45) is 4.71. The molecule has 1 aliphatic heterocycles. The molecule has 4 N–H and O–H groups in total. The quantitative estimate of drug-likeness (QED) is 0.877. The van der Waals surface area contributed by atoms with Gasteiger partial charge in [0.25, 0.3) is 0 Å². The van der Waals surface area contributed by atoms with Crippen LogP contribution in [0, 0.1) is 11.3 Å². The minimum atomic E-state index is -0.548. The van der Waals surface area contributed by atoms with Gasteiger partial charge in [-0.3, -0.25) is 4.79 Å². The molecule has 0 bridgehead atoms. The second-order valence-corrected chi connectivity index (χ2v) is 6.51. The Balaban J connectivity index is 0.000000177. The number of rotatable bonds is 4. The van der Waals surface area contributed by atoms with Crippen molar-refractivity contribution in [3.63, 3.8) is 0 Å². The van der Waals surface area contributed by atoms with Crippen molar-refractivity contribution >= 4 is 23.1 Å². The van der Waals surface area contributed by atoms with Crippen molar-refractivity contribution < 1.29 is 4.79 Å². The van der Waals surface area contributed by atoms with E-state index in [4.69, 9.17) is 16.7 Å². The molecule has 126 valence electrons. The van der Waals surface area contributed by atoms with Gasteiger partial charge in [-0.1, -0.05) is 6.07 Å². The lowest BCUT2D eigenvalue weighted by molar-refractivity contribution is -0.119. The third-order valence-electron chi connectivity index (χ3n) is 3.68. The van der Waals surface area contributed by atoms with Gasteiger partial charge in [0.05, 0.1) is 11.6 Å². The smallest absolute Gasteiger partial charge is 0.234 e. The predicted octanol–water partition coefficient (Wildman–Crippen LogP) is 1.66. The number of aromatic nitrogens is 1. The van der Waals surface area contributed by atoms with Crippen LogP contribution < -0.4 is 16.4 Å². The standard InChI is InChI=1S/C10H11N3.C7H10N2OS/c11-8-9-4-3-5-12-10(9)13-6-1-2-7-13;8-6(7(9)10)4-5-2-1-3-11-5/h3-5H,1-2,6-7H2;1-3,6H,4,8H2,(H2,9,10)/t;6-/m.0/s1. The number of hydrogen-bond acceptors (Lipinski definition) is 6. The van der Waals surface area contributed by atoms with E-state index in [0.717, 1.165) is 23.8 Å². The van der Waals surface area contributed by atoms with Crippen LogP contribution in [0.1, 0.15) is 23.3 Å². The maximum atomic E-state index is 10.5. The Morgan fingerprint density at radius 1 is 1.38 bits per heavy atom. The molecule has 1 saturated heterocycles. The summed E-state index contributed by atoms with van der Waals surface area (Å²) < 4.78 is 0. The zero-order valence-corrected chi connectivity index (χ0v) is 14.2. The van der Waals surface area contributed by atoms with E-state index in [0.29, 0.717) is 12.0 Å². The predicted molar refractivity (Wildman–Crippen MR) is 95.6 cm³/mol. The molecule has 1 fully saturated rings. The number of pyridine rings is 1. The average molecular weight is 343 g/mol. The maximum Gasteiger partial charge on any atom is 0.234 e. The number of anilines is 1. The summed E-state index contributed by atoms with van der Waals surface area (Å²) in [6.45, 7) is 2.07. The summed E-state index contributed by atoms with van der Waals surface area (Å²) in [5, 5.41) is 10.8. The summed E-state index contributed by atoms with van der Waals surface area (Å²) in [4.78, 5) is 18.0. The van der Waals surface area contributed by atoms with E-state index in [2.05, 4.69) is 16.0 Å². The number of nitrogens with zero attached hydrogens (tertiary/aromatic N) is 3. The van der Waals surface area contributed by atoms with Crippen LogP contribution in [-0.4, -0.2) is 30.0 Å². The van der Waals surface area contributed by atoms with E-state index in [1.54, 1.807) is 23.6 Å². The second kappa shape index (κ2) is 9.01. The zero-order chi connectivity index (χ0) is 17.4. The molecule has 6 nitrogen and oxygen atoms in total. The third-order valence-corrected chi connectivity index (χ3v) is 4.58. The number of amides is 1. The van der Waals surface area contributed by atoms with Gasteiger partial charge in [0, 0.05) is 30.6 Å². The third kappa shape index (κ3) is 5.05. The molecule has 3 heterocycles. The van der Waals surface area contributed by atoms with E-state index in [1.165, 1.54) is 12.8 Å². The summed E-state index contributed by atoms with van der Waals surface area (Å²) in [5.74, 6) is 0.404. The molecule has 24 heavy (non-hydrogen) atoms. The molecule has 0 spiro atoms. The lowest BCUT2D eigenvalue weighted by Gasteiger charge is -2.16. The Morgan fingerprint density at radius 2 is 2.12 bits per heavy atom. The van der Waals surface area contributed by atoms with Crippen molar-refractivity contribution in [3.8, 4) is 6.07 Å². The summed E-state index contributed by atoms with van der Waals surface area (Å²) in [6, 6.07) is 9.11. The van der Waals surface area contributed by atoms with Gasteiger partial charge in [-0.15, -0.1) is 11.3 Å². The number of primary amides is 1. The largest absolute Gasteiger partial charge is 0.368 e. The van der Waals surface area contributed by atoms with Crippen molar-refractivity contribution in [2.75, 3.05) is 18.0 Å². The number of hydrogen-bond donors (Lipinski definition) is 2. The highest BCUT2D eigenvalue weighted by molar-refractivity contribution is 7.09. The average Bonchev–Trinajstić information content (AvgIpc) is 3.29. The van der Waals surface area contributed by atoms with E-state index >= 15 is 0 Å². The fourth-order valence-electron chi connectivity index (χ4n) is 2.41. The number of thiophene rings is 1. The molecule has 0 aliphatic carbocycles. The fourth-order valence-corrected chi connectivity index (χ4v) is 3.18. The Labute approximate surface area is 145 Å². The van der Waals surface area contributed by atoms with Gasteiger partial charge in [-0.25, -0.2) is 4.98 Å². The lowest BCUT2D eigenvalue weighted by Crippen LogP contribution is -2.37. The molecule has 2 aromatic heterocycles. The Bertz CT molecular complexity index is 689. The minimum Gasteiger partial charge on any atom is -0.368 e. The van der Waals surface area contributed by atoms with Crippen LogP contribution in [0.4, 0.5) is 5.82 Å². The Kier molecular flexibility index (Phi) is 6.73. The van der Waals surface area contributed by atoms with Crippen LogP contribution in [0.3, 0.4) is 0 Å². The first-order valence-electron chi connectivity index (χ1n) is 7.79. The molecule has 2 aromatic rings. The molecule has 3 rings (SSSR count). The molecule has 0 aromatic carbocycles. The second-order valence-electron chi connectivity index (χ2n) is 5.47. The van der Waals surface area contributed by atoms with Gasteiger partial charge in [0.15, 0.2) is 0 Å². The van der Waals surface area contributed by atoms with E-state index in [1.807, 2.05) is 23.6 Å². The van der Waals surface area contributed by atoms with Gasteiger partial charge >= 0.3 is 0 Å². The van der Waals surface area contributed by atoms with E-state index in [9.17, 15) is 4.79 Å². The number of carbonyl (C=O) groups excluding carboxylic acids is 1. The molecule has 0 unspecified atom stereocenters. The Morgan fingerprint density at radius 3 is 2.71 bits per heavy atom. The van der Waals surface area contributed by atoms with Crippen LogP contribution >= 0.6 is 11.3 Å². The van der Waals surface area contributed by atoms with Crippen molar-refractivity contribution in [1.29, 1.82) is 5.26 Å². The van der Waals surface area contributed by atoms with Crippen LogP contribution in [0.5, 0.6) is 0 Å². The summed E-state index contributed by atoms with van der Waals surface area (Å²) in [7, 11) is 0. The van der Waals surface area contributed by atoms with E-state index in [-0.39, 0.29) is 0 Å². The highest BCUT2D eigenvalue weighted by Gasteiger charge is 2.16. The van der Waals surface area contributed by atoms with Crippen molar-refractivity contribution in [3.05, 3.63) is 46.3 Å². The molecule has 0 saturated carbocycles. The monoisotopic (exact) mass is 343 g/mol. The first-order chi connectivity index (χ1) is 11.6. The molecule has 1 atom stereocenters. The van der Waals surface area contributed by atoms with E-state index < -0.39 is 11.9 Å². The van der Waals surface area contributed by atoms with Crippen LogP contribution in [0.15, 0.2) is 35.8 Å². The Hall–Kier alpha value is -2.43. The normalized spacial score (nSPS) is 14.4. The lowest BCUT2D eigenvalue weighted by atomic mass is 10.2. The highest BCUT2D eigenvalue weighted by atomic mass is 32.1. The number of nitriles is 1. The van der Waals surface area contributed by atoms with Crippen molar-refractivity contribution in [2.45, 2.75) is 25.3 Å². The molecule has 7 heteroatoms. The molecule has 0 radical (unpaired) electrons. The minimum absolute atomic E-state index is 0.446. The van der Waals surface area contributed by atoms with Crippen LogP contribution in [0.25, 0.3) is 0 Å². The molecular weight excluding hydrogens is 322 g/mol. The molecule has 1 amide bonds. The van der Waals surface area contributed by atoms with Gasteiger partial charge in [-0.05, 0) is 36.4 Å². The van der Waals surface area contributed by atoms with Crippen molar-refractivity contribution in [1.82, 2.24) is 4.98 Å². The number of nitrogens with two attached hydrogens (primary N) is 2. The van der Waals surface area contributed by atoms with Gasteiger partial charge in [0.2, 0.25) is 5.91 Å². The molecular formula is C17H21N5OS. The first-order valence-corrected chi connectivity index (χ1v) is 8.67. The van der Waals surface area contributed by atoms with Gasteiger partial charge in [-0.2, -0.15) is 5.26 Å². The maximum absolute atomic E-state index is 10.5. The SMILES string of the molecule is N#Cc1cccnc1N1CCCC1.NC(=O)[C@@H](N)Cc1cccs1. The first kappa shape index (κ1) is 17.9. The number of carbonyl (C=O) groups is 1.